The van der Waals surface area contributed by atoms with Crippen LogP contribution in [0, 0.1) is 11.3 Å². The summed E-state index contributed by atoms with van der Waals surface area (Å²) in [6.07, 6.45) is 1.90. The second-order valence-corrected chi connectivity index (χ2v) is 7.12. The number of thiazole rings is 1. The molecule has 0 radical (unpaired) electrons. The van der Waals surface area contributed by atoms with Crippen LogP contribution in [0.5, 0.6) is 0 Å². The fourth-order valence-corrected chi connectivity index (χ4v) is 3.99. The molecule has 0 saturated heterocycles. The summed E-state index contributed by atoms with van der Waals surface area (Å²) < 4.78 is 0. The Morgan fingerprint density at radius 2 is 1.88 bits per heavy atom. The van der Waals surface area contributed by atoms with Gasteiger partial charge in [0.05, 0.1) is 11.3 Å². The van der Waals surface area contributed by atoms with Gasteiger partial charge in [-0.3, -0.25) is 0 Å². The minimum atomic E-state index is 0.606. The Labute approximate surface area is 148 Å². The van der Waals surface area contributed by atoms with Crippen LogP contribution < -0.4 is 0 Å². The van der Waals surface area contributed by atoms with E-state index in [1.165, 1.54) is 22.1 Å². The highest BCUT2D eigenvalue weighted by molar-refractivity contribution is 7.12. The van der Waals surface area contributed by atoms with Crippen molar-refractivity contribution in [1.29, 1.82) is 5.26 Å². The van der Waals surface area contributed by atoms with Crippen LogP contribution in [-0.2, 0) is 0 Å². The summed E-state index contributed by atoms with van der Waals surface area (Å²) in [5, 5.41) is 16.6. The number of fused-ring (bicyclic) bond motifs is 1. The second-order valence-electron chi connectivity index (χ2n) is 5.29. The molecule has 4 rings (SSSR count). The van der Waals surface area contributed by atoms with E-state index < -0.39 is 0 Å². The number of benzene rings is 2. The molecule has 0 atom stereocenters. The highest BCUT2D eigenvalue weighted by atomic mass is 32.1. The maximum atomic E-state index is 9.45. The van der Waals surface area contributed by atoms with E-state index in [4.69, 9.17) is 0 Å². The monoisotopic (exact) mass is 344 g/mol. The number of hydrogen-bond donors (Lipinski definition) is 0. The third kappa shape index (κ3) is 2.88. The molecule has 0 aliphatic rings. The zero-order valence-corrected chi connectivity index (χ0v) is 14.3. The van der Waals surface area contributed by atoms with E-state index in [0.29, 0.717) is 5.57 Å². The number of nitriles is 1. The van der Waals surface area contributed by atoms with Crippen molar-refractivity contribution in [2.75, 3.05) is 0 Å². The first-order chi connectivity index (χ1) is 11.8. The molecule has 0 aliphatic heterocycles. The zero-order valence-electron chi connectivity index (χ0n) is 12.6. The molecule has 2 aromatic heterocycles. The van der Waals surface area contributed by atoms with Gasteiger partial charge < -0.3 is 0 Å². The maximum Gasteiger partial charge on any atom is 0.134 e. The van der Waals surface area contributed by atoms with Gasteiger partial charge in [0.1, 0.15) is 11.1 Å². The highest BCUT2D eigenvalue weighted by Gasteiger charge is 2.10. The van der Waals surface area contributed by atoms with Crippen molar-refractivity contribution in [1.82, 2.24) is 4.98 Å². The van der Waals surface area contributed by atoms with Gasteiger partial charge in [-0.25, -0.2) is 4.98 Å². The Morgan fingerprint density at radius 3 is 2.67 bits per heavy atom. The number of allylic oxidation sites excluding steroid dienone is 1. The molecule has 2 heterocycles. The molecule has 2 nitrogen and oxygen atoms in total. The Kier molecular flexibility index (Phi) is 3.96. The van der Waals surface area contributed by atoms with Crippen molar-refractivity contribution < 1.29 is 0 Å². The first-order valence-corrected chi connectivity index (χ1v) is 9.20. The Bertz CT molecular complexity index is 1070. The van der Waals surface area contributed by atoms with Gasteiger partial charge in [0.2, 0.25) is 0 Å². The minimum absolute atomic E-state index is 0.606. The third-order valence-corrected chi connectivity index (χ3v) is 5.42. The van der Waals surface area contributed by atoms with Crippen LogP contribution >= 0.6 is 22.7 Å². The molecule has 0 N–H and O–H groups in total. The van der Waals surface area contributed by atoms with Crippen LogP contribution in [0.2, 0.25) is 0 Å². The lowest BCUT2D eigenvalue weighted by molar-refractivity contribution is 1.37. The average Bonchev–Trinajstić information content (AvgIpc) is 3.31. The van der Waals surface area contributed by atoms with E-state index >= 15 is 0 Å². The van der Waals surface area contributed by atoms with Crippen molar-refractivity contribution in [2.45, 2.75) is 0 Å². The van der Waals surface area contributed by atoms with Crippen molar-refractivity contribution in [3.8, 4) is 17.3 Å². The number of nitrogens with zero attached hydrogens (tertiary/aromatic N) is 2. The number of thiophene rings is 1. The number of hydrogen-bond acceptors (Lipinski definition) is 4. The van der Waals surface area contributed by atoms with E-state index in [2.05, 4.69) is 41.4 Å². The van der Waals surface area contributed by atoms with Crippen LogP contribution in [-0.4, -0.2) is 4.98 Å². The first-order valence-electron chi connectivity index (χ1n) is 7.44. The van der Waals surface area contributed by atoms with Crippen molar-refractivity contribution in [2.24, 2.45) is 0 Å². The SMILES string of the molecule is N#CC(=Cc1cccs1)c1nc(-c2ccc3ccccc3c2)cs1. The van der Waals surface area contributed by atoms with Gasteiger partial charge in [-0.15, -0.1) is 22.7 Å². The molecule has 0 fully saturated rings. The lowest BCUT2D eigenvalue weighted by atomic mass is 10.1. The highest BCUT2D eigenvalue weighted by Crippen LogP contribution is 2.29. The van der Waals surface area contributed by atoms with E-state index in [1.54, 1.807) is 11.3 Å². The zero-order chi connectivity index (χ0) is 16.4. The molecule has 4 heteroatoms. The Hall–Kier alpha value is -2.74. The second kappa shape index (κ2) is 6.40. The summed E-state index contributed by atoms with van der Waals surface area (Å²) in [6, 6.07) is 20.9. The molecule has 24 heavy (non-hydrogen) atoms. The summed E-state index contributed by atoms with van der Waals surface area (Å²) >= 11 is 3.12. The number of rotatable bonds is 3. The van der Waals surface area contributed by atoms with E-state index in [0.717, 1.165) is 21.1 Å². The molecule has 0 aliphatic carbocycles. The quantitative estimate of drug-likeness (QED) is 0.422. The van der Waals surface area contributed by atoms with Crippen LogP contribution in [0.15, 0.2) is 65.4 Å². The number of aromatic nitrogens is 1. The molecular weight excluding hydrogens is 332 g/mol. The molecule has 0 amide bonds. The lowest BCUT2D eigenvalue weighted by Crippen LogP contribution is -1.82. The average molecular weight is 344 g/mol. The third-order valence-electron chi connectivity index (χ3n) is 3.73. The van der Waals surface area contributed by atoms with Gasteiger partial charge in [-0.05, 0) is 34.4 Å². The molecule has 0 spiro atoms. The summed E-state index contributed by atoms with van der Waals surface area (Å²) in [6.45, 7) is 0. The standard InChI is InChI=1S/C20H12N2S2/c21-12-17(11-18-6-3-9-23-18)20-22-19(13-24-20)16-8-7-14-4-1-2-5-15(14)10-16/h1-11,13H. The summed E-state index contributed by atoms with van der Waals surface area (Å²) in [4.78, 5) is 5.74. The minimum Gasteiger partial charge on any atom is -0.235 e. The largest absolute Gasteiger partial charge is 0.235 e. The van der Waals surface area contributed by atoms with Crippen LogP contribution in [0.4, 0.5) is 0 Å². The fraction of sp³-hybridized carbons (Fsp3) is 0. The molecule has 0 bridgehead atoms. The molecule has 4 aromatic rings. The van der Waals surface area contributed by atoms with Crippen LogP contribution in [0.25, 0.3) is 33.7 Å². The predicted molar refractivity (Wildman–Crippen MR) is 103 cm³/mol. The van der Waals surface area contributed by atoms with Gasteiger partial charge in [0, 0.05) is 15.8 Å². The molecule has 0 unspecified atom stereocenters. The van der Waals surface area contributed by atoms with E-state index in [9.17, 15) is 5.26 Å². The molecule has 2 aromatic carbocycles. The van der Waals surface area contributed by atoms with Crippen molar-refractivity contribution in [3.05, 3.63) is 75.2 Å². The van der Waals surface area contributed by atoms with Gasteiger partial charge in [0.15, 0.2) is 0 Å². The van der Waals surface area contributed by atoms with Gasteiger partial charge in [-0.2, -0.15) is 5.26 Å². The molecular formula is C20H12N2S2. The van der Waals surface area contributed by atoms with E-state index in [1.807, 2.05) is 41.1 Å². The van der Waals surface area contributed by atoms with Crippen molar-refractivity contribution in [3.63, 3.8) is 0 Å². The summed E-state index contributed by atoms with van der Waals surface area (Å²) in [5.41, 5.74) is 2.59. The lowest BCUT2D eigenvalue weighted by Gasteiger charge is -2.00. The summed E-state index contributed by atoms with van der Waals surface area (Å²) in [7, 11) is 0. The van der Waals surface area contributed by atoms with Gasteiger partial charge >= 0.3 is 0 Å². The van der Waals surface area contributed by atoms with E-state index in [-0.39, 0.29) is 0 Å². The normalized spacial score (nSPS) is 11.5. The summed E-state index contributed by atoms with van der Waals surface area (Å²) in [5.74, 6) is 0. The maximum absolute atomic E-state index is 9.45. The molecule has 114 valence electrons. The Morgan fingerprint density at radius 1 is 1.00 bits per heavy atom. The topological polar surface area (TPSA) is 36.7 Å². The fourth-order valence-electron chi connectivity index (χ4n) is 2.54. The van der Waals surface area contributed by atoms with Gasteiger partial charge in [0.25, 0.3) is 0 Å². The Balaban J connectivity index is 1.72. The first kappa shape index (κ1) is 14.8. The van der Waals surface area contributed by atoms with Crippen molar-refractivity contribution >= 4 is 45.1 Å². The van der Waals surface area contributed by atoms with Crippen LogP contribution in [0.3, 0.4) is 0 Å². The smallest absolute Gasteiger partial charge is 0.134 e. The predicted octanol–water partition coefficient (Wildman–Crippen LogP) is 6.09. The molecule has 0 saturated carbocycles. The van der Waals surface area contributed by atoms with Crippen LogP contribution in [0.1, 0.15) is 9.88 Å². The van der Waals surface area contributed by atoms with Gasteiger partial charge in [-0.1, -0.05) is 42.5 Å².